The van der Waals surface area contributed by atoms with Crippen molar-refractivity contribution in [3.05, 3.63) is 42.2 Å². The third-order valence-corrected chi connectivity index (χ3v) is 9.73. The number of aromatic nitrogens is 2. The van der Waals surface area contributed by atoms with Crippen LogP contribution >= 0.6 is 0 Å². The van der Waals surface area contributed by atoms with Gasteiger partial charge in [-0.05, 0) is 98.9 Å². The van der Waals surface area contributed by atoms with Crippen LogP contribution in [0.15, 0.2) is 36.7 Å². The number of nitrogens with zero attached hydrogens (tertiary/aromatic N) is 2. The second-order valence-electron chi connectivity index (χ2n) is 12.8. The van der Waals surface area contributed by atoms with Gasteiger partial charge in [0.2, 0.25) is 0 Å². The molecule has 40 heavy (non-hydrogen) atoms. The normalized spacial score (nSPS) is 23.1. The number of rotatable bonds is 15. The van der Waals surface area contributed by atoms with Crippen molar-refractivity contribution in [2.45, 2.75) is 136 Å². The molecule has 0 saturated heterocycles. The highest BCUT2D eigenvalue weighted by Crippen LogP contribution is 2.42. The van der Waals surface area contributed by atoms with Crippen LogP contribution in [0.2, 0.25) is 0 Å². The van der Waals surface area contributed by atoms with Gasteiger partial charge in [-0.3, -0.25) is 4.79 Å². The molecule has 1 aromatic heterocycles. The first kappa shape index (κ1) is 30.7. The van der Waals surface area contributed by atoms with Crippen molar-refractivity contribution in [2.75, 3.05) is 0 Å². The van der Waals surface area contributed by atoms with E-state index in [4.69, 9.17) is 4.74 Å². The summed E-state index contributed by atoms with van der Waals surface area (Å²) in [6.45, 7) is 4.56. The van der Waals surface area contributed by atoms with E-state index < -0.39 is 0 Å². The van der Waals surface area contributed by atoms with E-state index in [9.17, 15) is 4.79 Å². The van der Waals surface area contributed by atoms with E-state index in [-0.39, 0.29) is 11.9 Å². The molecule has 2 aliphatic carbocycles. The number of hydrogen-bond donors (Lipinski definition) is 0. The summed E-state index contributed by atoms with van der Waals surface area (Å²) < 4.78 is 5.80. The molecular weight excluding hydrogens is 492 g/mol. The molecule has 2 fully saturated rings. The molecular formula is C36H54N2O2. The highest BCUT2D eigenvalue weighted by Gasteiger charge is 2.33. The third-order valence-electron chi connectivity index (χ3n) is 9.73. The topological polar surface area (TPSA) is 52.1 Å². The lowest BCUT2D eigenvalue weighted by atomic mass is 9.68. The maximum Gasteiger partial charge on any atom is 0.314 e. The Morgan fingerprint density at radius 1 is 0.725 bits per heavy atom. The number of aryl methyl sites for hydroxylation is 1. The third kappa shape index (κ3) is 9.70. The first-order valence-electron chi connectivity index (χ1n) is 16.8. The first-order valence-corrected chi connectivity index (χ1v) is 16.8. The van der Waals surface area contributed by atoms with E-state index >= 15 is 0 Å². The van der Waals surface area contributed by atoms with Gasteiger partial charge in [-0.25, -0.2) is 9.97 Å². The molecule has 0 aliphatic heterocycles. The van der Waals surface area contributed by atoms with Crippen molar-refractivity contribution in [3.63, 3.8) is 0 Å². The van der Waals surface area contributed by atoms with Gasteiger partial charge >= 0.3 is 5.97 Å². The number of benzene rings is 1. The zero-order valence-corrected chi connectivity index (χ0v) is 25.4. The van der Waals surface area contributed by atoms with E-state index in [2.05, 4.69) is 23.8 Å². The second-order valence-corrected chi connectivity index (χ2v) is 12.8. The maximum atomic E-state index is 12.9. The van der Waals surface area contributed by atoms with Crippen LogP contribution in [0.25, 0.3) is 11.4 Å². The fourth-order valence-electron chi connectivity index (χ4n) is 7.06. The minimum atomic E-state index is -0.0551. The van der Waals surface area contributed by atoms with E-state index in [1.54, 1.807) is 0 Å². The molecule has 4 heteroatoms. The lowest BCUT2D eigenvalue weighted by Gasteiger charge is -2.37. The molecule has 0 radical (unpaired) electrons. The molecule has 0 unspecified atom stereocenters. The predicted octanol–water partition coefficient (Wildman–Crippen LogP) is 10.1. The molecule has 2 saturated carbocycles. The van der Waals surface area contributed by atoms with Crippen LogP contribution < -0.4 is 4.74 Å². The van der Waals surface area contributed by atoms with Gasteiger partial charge in [-0.15, -0.1) is 0 Å². The largest absolute Gasteiger partial charge is 0.426 e. The Morgan fingerprint density at radius 2 is 1.30 bits per heavy atom. The molecule has 0 atom stereocenters. The highest BCUT2D eigenvalue weighted by atomic mass is 16.5. The fourth-order valence-corrected chi connectivity index (χ4v) is 7.06. The van der Waals surface area contributed by atoms with Crippen LogP contribution in [0.5, 0.6) is 5.75 Å². The summed E-state index contributed by atoms with van der Waals surface area (Å²) in [6, 6.07) is 7.68. The molecule has 220 valence electrons. The Balaban J connectivity index is 1.15. The lowest BCUT2D eigenvalue weighted by molar-refractivity contribution is -0.140. The second kappa shape index (κ2) is 16.9. The summed E-state index contributed by atoms with van der Waals surface area (Å²) >= 11 is 0. The molecule has 2 aromatic rings. The fraction of sp³-hybridized carbons (Fsp3) is 0.694. The SMILES string of the molecule is CCCCCCCCCc1cnc(-c2ccc(OC(=O)[C@H]3CC[C@H]([C@H]4CC[C@H](CCCC)CC4)CC3)cc2)nc1. The molecule has 0 amide bonds. The molecule has 0 N–H and O–H groups in total. The van der Waals surface area contributed by atoms with Gasteiger partial charge in [0.05, 0.1) is 5.92 Å². The summed E-state index contributed by atoms with van der Waals surface area (Å²) in [6.07, 6.45) is 28.3. The zero-order valence-electron chi connectivity index (χ0n) is 25.4. The van der Waals surface area contributed by atoms with Crippen molar-refractivity contribution < 1.29 is 9.53 Å². The van der Waals surface area contributed by atoms with E-state index in [1.165, 1.54) is 108 Å². The summed E-state index contributed by atoms with van der Waals surface area (Å²) in [7, 11) is 0. The number of hydrogen-bond acceptors (Lipinski definition) is 4. The average Bonchev–Trinajstić information content (AvgIpc) is 3.00. The Kier molecular flexibility index (Phi) is 13.0. The van der Waals surface area contributed by atoms with Gasteiger partial charge < -0.3 is 4.74 Å². The number of carbonyl (C=O) groups excluding carboxylic acids is 1. The average molecular weight is 547 g/mol. The van der Waals surface area contributed by atoms with Crippen LogP contribution in [-0.4, -0.2) is 15.9 Å². The molecule has 4 nitrogen and oxygen atoms in total. The summed E-state index contributed by atoms with van der Waals surface area (Å²) in [4.78, 5) is 22.1. The number of carbonyl (C=O) groups is 1. The quantitative estimate of drug-likeness (QED) is 0.127. The Labute approximate surface area is 244 Å². The molecule has 0 bridgehead atoms. The number of unbranched alkanes of at least 4 members (excludes halogenated alkanes) is 7. The van der Waals surface area contributed by atoms with Crippen molar-refractivity contribution in [2.24, 2.45) is 23.7 Å². The van der Waals surface area contributed by atoms with Crippen LogP contribution in [0.1, 0.15) is 135 Å². The number of ether oxygens (including phenoxy) is 1. The molecule has 1 aromatic carbocycles. The van der Waals surface area contributed by atoms with Crippen molar-refractivity contribution in [1.29, 1.82) is 0 Å². The summed E-state index contributed by atoms with van der Waals surface area (Å²) in [5.41, 5.74) is 2.16. The summed E-state index contributed by atoms with van der Waals surface area (Å²) in [5.74, 6) is 4.01. The predicted molar refractivity (Wildman–Crippen MR) is 165 cm³/mol. The van der Waals surface area contributed by atoms with Crippen molar-refractivity contribution >= 4 is 5.97 Å². The molecule has 4 rings (SSSR count). The molecule has 1 heterocycles. The van der Waals surface area contributed by atoms with E-state index in [0.717, 1.165) is 48.4 Å². The van der Waals surface area contributed by atoms with Crippen LogP contribution in [0.3, 0.4) is 0 Å². The maximum absolute atomic E-state index is 12.9. The van der Waals surface area contributed by atoms with Crippen LogP contribution in [-0.2, 0) is 11.2 Å². The zero-order chi connectivity index (χ0) is 28.0. The Hall–Kier alpha value is -2.23. The van der Waals surface area contributed by atoms with Crippen LogP contribution in [0.4, 0.5) is 0 Å². The minimum Gasteiger partial charge on any atom is -0.426 e. The van der Waals surface area contributed by atoms with Gasteiger partial charge in [0.1, 0.15) is 5.75 Å². The minimum absolute atomic E-state index is 0.0454. The Morgan fingerprint density at radius 3 is 1.93 bits per heavy atom. The Bertz CT molecular complexity index is 971. The van der Waals surface area contributed by atoms with E-state index in [0.29, 0.717) is 5.75 Å². The van der Waals surface area contributed by atoms with Crippen molar-refractivity contribution in [3.8, 4) is 17.1 Å². The molecule has 2 aliphatic rings. The standard InChI is InChI=1S/C36H54N2O2/c1-3-5-7-8-9-10-11-13-29-26-37-35(38-27-29)32-22-24-34(25-23-32)40-36(39)33-20-18-31(19-21-33)30-16-14-28(15-17-30)12-6-4-2/h22-28,30-31,33H,3-21H2,1-2H3/t28-,30-,31-,33-. The number of esters is 1. The first-order chi connectivity index (χ1) is 19.7. The lowest BCUT2D eigenvalue weighted by Crippen LogP contribution is -2.30. The smallest absolute Gasteiger partial charge is 0.314 e. The van der Waals surface area contributed by atoms with Gasteiger partial charge in [-0.2, -0.15) is 0 Å². The van der Waals surface area contributed by atoms with Crippen molar-refractivity contribution in [1.82, 2.24) is 9.97 Å². The van der Waals surface area contributed by atoms with Gasteiger partial charge in [0.25, 0.3) is 0 Å². The van der Waals surface area contributed by atoms with Gasteiger partial charge in [-0.1, -0.05) is 84.5 Å². The monoisotopic (exact) mass is 546 g/mol. The van der Waals surface area contributed by atoms with Gasteiger partial charge in [0, 0.05) is 18.0 Å². The summed E-state index contributed by atoms with van der Waals surface area (Å²) in [5, 5.41) is 0. The highest BCUT2D eigenvalue weighted by molar-refractivity contribution is 5.75. The molecule has 0 spiro atoms. The van der Waals surface area contributed by atoms with Crippen LogP contribution in [0, 0.1) is 23.7 Å². The van der Waals surface area contributed by atoms with E-state index in [1.807, 2.05) is 36.7 Å². The van der Waals surface area contributed by atoms with Gasteiger partial charge in [0.15, 0.2) is 5.82 Å².